The molecule has 1 fully saturated rings. The SMILES string of the molecule is COC(=O)C1CN(c2ccc([N+](=O)[O-])c(N)c2)CC1C. The van der Waals surface area contributed by atoms with Gasteiger partial charge in [0, 0.05) is 24.8 Å². The van der Waals surface area contributed by atoms with Gasteiger partial charge in [0.1, 0.15) is 5.69 Å². The monoisotopic (exact) mass is 279 g/mol. The van der Waals surface area contributed by atoms with Gasteiger partial charge in [0.2, 0.25) is 0 Å². The van der Waals surface area contributed by atoms with Gasteiger partial charge in [-0.2, -0.15) is 0 Å². The second-order valence-corrected chi connectivity index (χ2v) is 5.01. The molecule has 7 heteroatoms. The number of nitro groups is 1. The summed E-state index contributed by atoms with van der Waals surface area (Å²) in [5.74, 6) is -0.245. The van der Waals surface area contributed by atoms with Gasteiger partial charge in [0.05, 0.1) is 18.0 Å². The molecule has 0 radical (unpaired) electrons. The molecule has 0 aliphatic carbocycles. The summed E-state index contributed by atoms with van der Waals surface area (Å²) < 4.78 is 4.78. The highest BCUT2D eigenvalue weighted by Crippen LogP contribution is 2.32. The van der Waals surface area contributed by atoms with Crippen LogP contribution >= 0.6 is 0 Å². The Morgan fingerprint density at radius 2 is 2.20 bits per heavy atom. The summed E-state index contributed by atoms with van der Waals surface area (Å²) in [7, 11) is 1.38. The van der Waals surface area contributed by atoms with Gasteiger partial charge < -0.3 is 15.4 Å². The third kappa shape index (κ3) is 2.52. The molecular formula is C13H17N3O4. The fraction of sp³-hybridized carbons (Fsp3) is 0.462. The standard InChI is InChI=1S/C13H17N3O4/c1-8-6-15(7-10(8)13(17)20-2)9-3-4-12(16(18)19)11(14)5-9/h3-5,8,10H,6-7,14H2,1-2H3. The number of nitrogens with zero attached hydrogens (tertiary/aromatic N) is 2. The number of esters is 1. The Morgan fingerprint density at radius 3 is 2.75 bits per heavy atom. The number of anilines is 2. The van der Waals surface area contributed by atoms with E-state index in [1.807, 2.05) is 11.8 Å². The van der Waals surface area contributed by atoms with Crippen molar-refractivity contribution >= 4 is 23.0 Å². The molecule has 1 aromatic carbocycles. The second-order valence-electron chi connectivity index (χ2n) is 5.01. The number of hydrogen-bond donors (Lipinski definition) is 1. The van der Waals surface area contributed by atoms with Crippen LogP contribution in [0.5, 0.6) is 0 Å². The van der Waals surface area contributed by atoms with Crippen LogP contribution in [0, 0.1) is 22.0 Å². The minimum Gasteiger partial charge on any atom is -0.469 e. The second kappa shape index (κ2) is 5.36. The van der Waals surface area contributed by atoms with Gasteiger partial charge in [0.15, 0.2) is 0 Å². The lowest BCUT2D eigenvalue weighted by atomic mass is 9.99. The average Bonchev–Trinajstić information content (AvgIpc) is 2.79. The van der Waals surface area contributed by atoms with E-state index in [4.69, 9.17) is 10.5 Å². The maximum Gasteiger partial charge on any atom is 0.310 e. The molecular weight excluding hydrogens is 262 g/mol. The van der Waals surface area contributed by atoms with Crippen molar-refractivity contribution in [3.05, 3.63) is 28.3 Å². The molecule has 1 aliphatic rings. The van der Waals surface area contributed by atoms with E-state index in [-0.39, 0.29) is 29.2 Å². The third-order valence-corrected chi connectivity index (χ3v) is 3.69. The van der Waals surface area contributed by atoms with E-state index in [1.165, 1.54) is 13.2 Å². The van der Waals surface area contributed by atoms with E-state index in [0.29, 0.717) is 13.1 Å². The van der Waals surface area contributed by atoms with Gasteiger partial charge in [-0.3, -0.25) is 14.9 Å². The predicted octanol–water partition coefficient (Wildman–Crippen LogP) is 1.42. The van der Waals surface area contributed by atoms with Crippen LogP contribution in [0.3, 0.4) is 0 Å². The lowest BCUT2D eigenvalue weighted by molar-refractivity contribution is -0.383. The molecule has 1 aromatic rings. The van der Waals surface area contributed by atoms with Gasteiger partial charge in [-0.15, -0.1) is 0 Å². The molecule has 0 spiro atoms. The highest BCUT2D eigenvalue weighted by atomic mass is 16.6. The number of carbonyl (C=O) groups excluding carboxylic acids is 1. The Labute approximate surface area is 116 Å². The van der Waals surface area contributed by atoms with Crippen LogP contribution in [0.2, 0.25) is 0 Å². The molecule has 0 amide bonds. The van der Waals surface area contributed by atoms with E-state index in [1.54, 1.807) is 12.1 Å². The van der Waals surface area contributed by atoms with Crippen LogP contribution in [0.15, 0.2) is 18.2 Å². The Morgan fingerprint density at radius 1 is 1.50 bits per heavy atom. The average molecular weight is 279 g/mol. The van der Waals surface area contributed by atoms with Crippen molar-refractivity contribution in [2.45, 2.75) is 6.92 Å². The van der Waals surface area contributed by atoms with Gasteiger partial charge in [-0.25, -0.2) is 0 Å². The maximum absolute atomic E-state index is 11.6. The molecule has 1 saturated heterocycles. The molecule has 0 saturated carbocycles. The van der Waals surface area contributed by atoms with E-state index in [0.717, 1.165) is 5.69 Å². The first-order valence-corrected chi connectivity index (χ1v) is 6.30. The molecule has 0 bridgehead atoms. The molecule has 2 unspecified atom stereocenters. The summed E-state index contributed by atoms with van der Waals surface area (Å²) in [5, 5.41) is 10.7. The zero-order chi connectivity index (χ0) is 14.9. The zero-order valence-corrected chi connectivity index (χ0v) is 11.4. The molecule has 2 N–H and O–H groups in total. The lowest BCUT2D eigenvalue weighted by Crippen LogP contribution is -2.24. The first-order chi connectivity index (χ1) is 9.43. The van der Waals surface area contributed by atoms with Crippen LogP contribution in [0.25, 0.3) is 0 Å². The minimum atomic E-state index is -0.511. The number of ether oxygens (including phenoxy) is 1. The van der Waals surface area contributed by atoms with Crippen LogP contribution in [-0.2, 0) is 9.53 Å². The van der Waals surface area contributed by atoms with Crippen molar-refractivity contribution in [3.63, 3.8) is 0 Å². The van der Waals surface area contributed by atoms with Crippen molar-refractivity contribution in [1.82, 2.24) is 0 Å². The van der Waals surface area contributed by atoms with Crippen LogP contribution < -0.4 is 10.6 Å². The molecule has 108 valence electrons. The quantitative estimate of drug-likeness (QED) is 0.389. The lowest BCUT2D eigenvalue weighted by Gasteiger charge is -2.18. The fourth-order valence-corrected chi connectivity index (χ4v) is 2.54. The largest absolute Gasteiger partial charge is 0.469 e. The summed E-state index contributed by atoms with van der Waals surface area (Å²) in [6, 6.07) is 4.62. The molecule has 2 rings (SSSR count). The normalized spacial score (nSPS) is 21.8. The molecule has 7 nitrogen and oxygen atoms in total. The minimum absolute atomic E-state index is 0.106. The Hall–Kier alpha value is -2.31. The maximum atomic E-state index is 11.6. The molecule has 1 heterocycles. The van der Waals surface area contributed by atoms with Crippen molar-refractivity contribution in [1.29, 1.82) is 0 Å². The summed E-state index contributed by atoms with van der Waals surface area (Å²) >= 11 is 0. The first-order valence-electron chi connectivity index (χ1n) is 6.30. The van der Waals surface area contributed by atoms with Gasteiger partial charge in [0.25, 0.3) is 5.69 Å². The molecule has 2 atom stereocenters. The summed E-state index contributed by atoms with van der Waals surface area (Å²) in [4.78, 5) is 23.9. The fourth-order valence-electron chi connectivity index (χ4n) is 2.54. The van der Waals surface area contributed by atoms with Crippen LogP contribution in [-0.4, -0.2) is 31.1 Å². The van der Waals surface area contributed by atoms with Gasteiger partial charge in [-0.05, 0) is 18.1 Å². The Kier molecular flexibility index (Phi) is 3.78. The van der Waals surface area contributed by atoms with Crippen molar-refractivity contribution in [2.75, 3.05) is 30.8 Å². The number of nitrogen functional groups attached to an aromatic ring is 1. The van der Waals surface area contributed by atoms with E-state index >= 15 is 0 Å². The summed E-state index contributed by atoms with van der Waals surface area (Å²) in [6.07, 6.45) is 0. The van der Waals surface area contributed by atoms with E-state index in [2.05, 4.69) is 0 Å². The highest BCUT2D eigenvalue weighted by molar-refractivity contribution is 5.75. The smallest absolute Gasteiger partial charge is 0.310 e. The number of carbonyl (C=O) groups is 1. The van der Waals surface area contributed by atoms with Crippen molar-refractivity contribution in [2.24, 2.45) is 11.8 Å². The van der Waals surface area contributed by atoms with Crippen LogP contribution in [0.1, 0.15) is 6.92 Å². The first kappa shape index (κ1) is 14.1. The van der Waals surface area contributed by atoms with E-state index < -0.39 is 4.92 Å². The third-order valence-electron chi connectivity index (χ3n) is 3.69. The number of hydrogen-bond acceptors (Lipinski definition) is 6. The Balaban J connectivity index is 2.20. The number of nitro benzene ring substituents is 1. The highest BCUT2D eigenvalue weighted by Gasteiger charge is 2.35. The topological polar surface area (TPSA) is 98.7 Å². The number of rotatable bonds is 3. The summed E-state index contributed by atoms with van der Waals surface area (Å²) in [5.41, 5.74) is 6.49. The summed E-state index contributed by atoms with van der Waals surface area (Å²) in [6.45, 7) is 3.21. The van der Waals surface area contributed by atoms with Gasteiger partial charge >= 0.3 is 5.97 Å². The van der Waals surface area contributed by atoms with E-state index in [9.17, 15) is 14.9 Å². The molecule has 0 aromatic heterocycles. The molecule has 1 aliphatic heterocycles. The predicted molar refractivity (Wildman–Crippen MR) is 74.4 cm³/mol. The number of nitrogens with two attached hydrogens (primary N) is 1. The van der Waals surface area contributed by atoms with Gasteiger partial charge in [-0.1, -0.05) is 6.92 Å². The van der Waals surface area contributed by atoms with Crippen molar-refractivity contribution < 1.29 is 14.5 Å². The molecule has 20 heavy (non-hydrogen) atoms. The zero-order valence-electron chi connectivity index (χ0n) is 11.4. The number of benzene rings is 1. The van der Waals surface area contributed by atoms with Crippen LogP contribution in [0.4, 0.5) is 17.1 Å². The number of methoxy groups -OCH3 is 1. The van der Waals surface area contributed by atoms with Crippen molar-refractivity contribution in [3.8, 4) is 0 Å². The Bertz CT molecular complexity index is 546.